The Balaban J connectivity index is 1.73. The third-order valence-corrected chi connectivity index (χ3v) is 2.94. The molecule has 0 radical (unpaired) electrons. The third kappa shape index (κ3) is 3.04. The Labute approximate surface area is 95.4 Å². The van der Waals surface area contributed by atoms with E-state index in [1.165, 1.54) is 0 Å². The average molecular weight is 225 g/mol. The highest BCUT2D eigenvalue weighted by molar-refractivity contribution is 4.87. The third-order valence-electron chi connectivity index (χ3n) is 2.94. The van der Waals surface area contributed by atoms with Crippen molar-refractivity contribution in [1.82, 2.24) is 15.1 Å². The summed E-state index contributed by atoms with van der Waals surface area (Å²) in [6, 6.07) is 1.85. The molecule has 1 aromatic rings. The molecule has 5 heteroatoms. The minimum atomic E-state index is -0.419. The normalized spacial score (nSPS) is 27.1. The summed E-state index contributed by atoms with van der Waals surface area (Å²) < 4.78 is 7.07. The molecule has 2 rings (SSSR count). The van der Waals surface area contributed by atoms with Gasteiger partial charge in [-0.1, -0.05) is 0 Å². The molecular weight excluding hydrogens is 206 g/mol. The second kappa shape index (κ2) is 4.95. The fourth-order valence-corrected chi connectivity index (χ4v) is 1.86. The molecule has 90 valence electrons. The van der Waals surface area contributed by atoms with Gasteiger partial charge >= 0.3 is 0 Å². The van der Waals surface area contributed by atoms with Crippen molar-refractivity contribution in [3.63, 3.8) is 0 Å². The average Bonchev–Trinajstić information content (AvgIpc) is 2.88. The van der Waals surface area contributed by atoms with Crippen LogP contribution in [0.1, 0.15) is 13.3 Å². The summed E-state index contributed by atoms with van der Waals surface area (Å²) in [5.74, 6) is 0. The molecule has 2 N–H and O–H groups in total. The lowest BCUT2D eigenvalue weighted by Crippen LogP contribution is -2.47. The van der Waals surface area contributed by atoms with Crippen LogP contribution in [0.2, 0.25) is 0 Å². The van der Waals surface area contributed by atoms with Gasteiger partial charge in [0, 0.05) is 31.1 Å². The molecule has 1 saturated heterocycles. The second-order valence-electron chi connectivity index (χ2n) is 4.63. The molecule has 0 saturated carbocycles. The zero-order valence-electron chi connectivity index (χ0n) is 9.59. The summed E-state index contributed by atoms with van der Waals surface area (Å²) in [7, 11) is 0. The number of aromatic nitrogens is 2. The molecule has 0 amide bonds. The lowest BCUT2D eigenvalue weighted by molar-refractivity contribution is 0.125. The number of β-amino-alcohol motifs (C(OH)–C–C–N with tert-alkyl or cyclic N) is 1. The fraction of sp³-hybridized carbons (Fsp3) is 0.727. The summed E-state index contributed by atoms with van der Waals surface area (Å²) in [6.07, 6.45) is 4.15. The van der Waals surface area contributed by atoms with Gasteiger partial charge in [0.2, 0.25) is 0 Å². The smallest absolute Gasteiger partial charge is 0.0860 e. The van der Waals surface area contributed by atoms with Crippen molar-refractivity contribution in [1.29, 1.82) is 0 Å². The molecule has 1 aliphatic rings. The Morgan fingerprint density at radius 3 is 3.19 bits per heavy atom. The standard InChI is InChI=1S/C11H19N3O2/c1-11(3-6-16-9-11)12-7-10(15)8-14-5-2-4-13-14/h2,4-5,10,12,15H,3,6-9H2,1H3. The number of rotatable bonds is 5. The van der Waals surface area contributed by atoms with Gasteiger partial charge in [-0.2, -0.15) is 5.10 Å². The van der Waals surface area contributed by atoms with Gasteiger partial charge < -0.3 is 15.2 Å². The Bertz CT molecular complexity index is 307. The van der Waals surface area contributed by atoms with Gasteiger partial charge in [0.15, 0.2) is 0 Å². The van der Waals surface area contributed by atoms with Crippen molar-refractivity contribution in [2.75, 3.05) is 19.8 Å². The first kappa shape index (κ1) is 11.6. The lowest BCUT2D eigenvalue weighted by Gasteiger charge is -2.25. The highest BCUT2D eigenvalue weighted by Gasteiger charge is 2.29. The Morgan fingerprint density at radius 1 is 1.69 bits per heavy atom. The zero-order valence-corrected chi connectivity index (χ0v) is 9.59. The number of hydrogen-bond acceptors (Lipinski definition) is 4. The van der Waals surface area contributed by atoms with Crippen molar-refractivity contribution in [2.24, 2.45) is 0 Å². The number of nitrogens with zero attached hydrogens (tertiary/aromatic N) is 2. The molecular formula is C11H19N3O2. The SMILES string of the molecule is CC1(NCC(O)Cn2cccn2)CCOC1. The fourth-order valence-electron chi connectivity index (χ4n) is 1.86. The van der Waals surface area contributed by atoms with Gasteiger partial charge in [0.25, 0.3) is 0 Å². The number of ether oxygens (including phenoxy) is 1. The molecule has 2 atom stereocenters. The van der Waals surface area contributed by atoms with Crippen LogP contribution in [-0.2, 0) is 11.3 Å². The molecule has 0 aliphatic carbocycles. The van der Waals surface area contributed by atoms with Crippen LogP contribution in [0, 0.1) is 0 Å². The first-order valence-corrected chi connectivity index (χ1v) is 5.66. The Hall–Kier alpha value is -0.910. The van der Waals surface area contributed by atoms with Gasteiger partial charge in [-0.25, -0.2) is 0 Å². The molecule has 0 spiro atoms. The summed E-state index contributed by atoms with van der Waals surface area (Å²) in [5, 5.41) is 17.2. The molecule has 2 unspecified atom stereocenters. The highest BCUT2D eigenvalue weighted by atomic mass is 16.5. The van der Waals surface area contributed by atoms with Crippen LogP contribution in [0.4, 0.5) is 0 Å². The molecule has 1 fully saturated rings. The predicted octanol–water partition coefficient (Wildman–Crippen LogP) is 0.0126. The zero-order chi connectivity index (χ0) is 11.4. The Kier molecular flexibility index (Phi) is 3.58. The number of nitrogens with one attached hydrogen (secondary N) is 1. The first-order valence-electron chi connectivity index (χ1n) is 5.66. The lowest BCUT2D eigenvalue weighted by atomic mass is 10.0. The molecule has 2 heterocycles. The summed E-state index contributed by atoms with van der Waals surface area (Å²) in [4.78, 5) is 0. The van der Waals surface area contributed by atoms with Crippen molar-refractivity contribution in [3.8, 4) is 0 Å². The van der Waals surface area contributed by atoms with Gasteiger partial charge in [0.1, 0.15) is 0 Å². The van der Waals surface area contributed by atoms with Crippen LogP contribution in [0.3, 0.4) is 0 Å². The van der Waals surface area contributed by atoms with Crippen LogP contribution in [0.25, 0.3) is 0 Å². The maximum atomic E-state index is 9.83. The van der Waals surface area contributed by atoms with Gasteiger partial charge in [0.05, 0.1) is 19.3 Å². The van der Waals surface area contributed by atoms with Gasteiger partial charge in [-0.3, -0.25) is 4.68 Å². The van der Waals surface area contributed by atoms with Crippen molar-refractivity contribution < 1.29 is 9.84 Å². The van der Waals surface area contributed by atoms with E-state index in [1.54, 1.807) is 10.9 Å². The van der Waals surface area contributed by atoms with Crippen LogP contribution in [-0.4, -0.2) is 46.3 Å². The van der Waals surface area contributed by atoms with Crippen LogP contribution >= 0.6 is 0 Å². The minimum Gasteiger partial charge on any atom is -0.390 e. The van der Waals surface area contributed by atoms with Gasteiger partial charge in [-0.15, -0.1) is 0 Å². The number of aliphatic hydroxyl groups is 1. The minimum absolute atomic E-state index is 0.0189. The molecule has 1 aromatic heterocycles. The number of hydrogen-bond donors (Lipinski definition) is 2. The van der Waals surface area contributed by atoms with Crippen LogP contribution in [0.5, 0.6) is 0 Å². The van der Waals surface area contributed by atoms with E-state index in [4.69, 9.17) is 4.74 Å². The maximum absolute atomic E-state index is 9.83. The van der Waals surface area contributed by atoms with Gasteiger partial charge in [-0.05, 0) is 19.4 Å². The number of aliphatic hydroxyl groups excluding tert-OH is 1. The monoisotopic (exact) mass is 225 g/mol. The summed E-state index contributed by atoms with van der Waals surface area (Å²) >= 11 is 0. The van der Waals surface area contributed by atoms with Crippen molar-refractivity contribution in [2.45, 2.75) is 31.5 Å². The van der Waals surface area contributed by atoms with Crippen molar-refractivity contribution >= 4 is 0 Å². The van der Waals surface area contributed by atoms with E-state index in [2.05, 4.69) is 17.3 Å². The van der Waals surface area contributed by atoms with E-state index < -0.39 is 6.10 Å². The largest absolute Gasteiger partial charge is 0.390 e. The van der Waals surface area contributed by atoms with E-state index in [1.807, 2.05) is 12.3 Å². The highest BCUT2D eigenvalue weighted by Crippen LogP contribution is 2.17. The molecule has 0 aromatic carbocycles. The van der Waals surface area contributed by atoms with E-state index in [0.717, 1.165) is 19.6 Å². The Morgan fingerprint density at radius 2 is 2.56 bits per heavy atom. The molecule has 0 bridgehead atoms. The molecule has 5 nitrogen and oxygen atoms in total. The molecule has 1 aliphatic heterocycles. The molecule has 16 heavy (non-hydrogen) atoms. The van der Waals surface area contributed by atoms with E-state index in [0.29, 0.717) is 13.1 Å². The quantitative estimate of drug-likeness (QED) is 0.741. The van der Waals surface area contributed by atoms with E-state index >= 15 is 0 Å². The van der Waals surface area contributed by atoms with Crippen molar-refractivity contribution in [3.05, 3.63) is 18.5 Å². The first-order chi connectivity index (χ1) is 7.68. The maximum Gasteiger partial charge on any atom is 0.0860 e. The summed E-state index contributed by atoms with van der Waals surface area (Å²) in [6.45, 7) is 4.75. The summed E-state index contributed by atoms with van der Waals surface area (Å²) in [5.41, 5.74) is 0.0189. The van der Waals surface area contributed by atoms with E-state index in [-0.39, 0.29) is 5.54 Å². The topological polar surface area (TPSA) is 59.3 Å². The van der Waals surface area contributed by atoms with Crippen LogP contribution < -0.4 is 5.32 Å². The van der Waals surface area contributed by atoms with E-state index in [9.17, 15) is 5.11 Å². The van der Waals surface area contributed by atoms with Crippen LogP contribution in [0.15, 0.2) is 18.5 Å². The second-order valence-corrected chi connectivity index (χ2v) is 4.63. The predicted molar refractivity (Wildman–Crippen MR) is 60.1 cm³/mol.